The molecule has 1 amide bonds. The Morgan fingerprint density at radius 3 is 2.59 bits per heavy atom. The Bertz CT molecular complexity index is 841. The SMILES string of the molecule is COc1cc(CCC(=O)N2CCCC2c2nnc3n2CCCCC3)cc(OC)c1. The van der Waals surface area contributed by atoms with E-state index in [4.69, 9.17) is 9.47 Å². The van der Waals surface area contributed by atoms with Gasteiger partial charge in [0.2, 0.25) is 5.91 Å². The highest BCUT2D eigenvalue weighted by atomic mass is 16.5. The van der Waals surface area contributed by atoms with E-state index in [0.29, 0.717) is 12.8 Å². The first-order valence-corrected chi connectivity index (χ1v) is 10.6. The van der Waals surface area contributed by atoms with Crippen molar-refractivity contribution in [1.29, 1.82) is 0 Å². The molecule has 0 spiro atoms. The van der Waals surface area contributed by atoms with Gasteiger partial charge in [-0.1, -0.05) is 6.42 Å². The summed E-state index contributed by atoms with van der Waals surface area (Å²) in [7, 11) is 3.28. The van der Waals surface area contributed by atoms with Crippen LogP contribution < -0.4 is 9.47 Å². The van der Waals surface area contributed by atoms with Crippen LogP contribution in [0.15, 0.2) is 18.2 Å². The summed E-state index contributed by atoms with van der Waals surface area (Å²) in [6.07, 6.45) is 7.68. The Kier molecular flexibility index (Phi) is 6.02. The van der Waals surface area contributed by atoms with E-state index in [2.05, 4.69) is 14.8 Å². The molecule has 0 radical (unpaired) electrons. The summed E-state index contributed by atoms with van der Waals surface area (Å²) >= 11 is 0. The Labute approximate surface area is 172 Å². The number of ether oxygens (including phenoxy) is 2. The molecule has 29 heavy (non-hydrogen) atoms. The lowest BCUT2D eigenvalue weighted by molar-refractivity contribution is -0.132. The molecule has 1 fully saturated rings. The van der Waals surface area contributed by atoms with Crippen molar-refractivity contribution in [2.75, 3.05) is 20.8 Å². The standard InChI is InChI=1S/C22H30N4O3/c1-28-17-13-16(14-18(15-17)29-2)9-10-21(27)25-12-6-7-19(25)22-24-23-20-8-4-3-5-11-26(20)22/h13-15,19H,3-12H2,1-2H3. The van der Waals surface area contributed by atoms with Gasteiger partial charge < -0.3 is 18.9 Å². The first-order valence-electron chi connectivity index (χ1n) is 10.6. The fraction of sp³-hybridized carbons (Fsp3) is 0.591. The highest BCUT2D eigenvalue weighted by Gasteiger charge is 2.34. The van der Waals surface area contributed by atoms with E-state index in [-0.39, 0.29) is 11.9 Å². The van der Waals surface area contributed by atoms with Crippen LogP contribution in [0.5, 0.6) is 11.5 Å². The molecule has 1 atom stereocenters. The van der Waals surface area contributed by atoms with Crippen LogP contribution in [0.25, 0.3) is 0 Å². The van der Waals surface area contributed by atoms with Crippen molar-refractivity contribution in [3.05, 3.63) is 35.4 Å². The molecule has 1 aromatic carbocycles. The molecule has 2 aliphatic heterocycles. The van der Waals surface area contributed by atoms with Crippen molar-refractivity contribution in [1.82, 2.24) is 19.7 Å². The van der Waals surface area contributed by atoms with Gasteiger partial charge in [-0.2, -0.15) is 0 Å². The van der Waals surface area contributed by atoms with Crippen LogP contribution in [-0.4, -0.2) is 46.3 Å². The van der Waals surface area contributed by atoms with Gasteiger partial charge in [0.15, 0.2) is 5.82 Å². The molecule has 2 aromatic rings. The molecule has 1 aromatic heterocycles. The van der Waals surface area contributed by atoms with Crippen molar-refractivity contribution < 1.29 is 14.3 Å². The van der Waals surface area contributed by atoms with E-state index in [1.54, 1.807) is 14.2 Å². The third-order valence-corrected chi connectivity index (χ3v) is 6.05. The van der Waals surface area contributed by atoms with Crippen LogP contribution in [0.3, 0.4) is 0 Å². The fourth-order valence-corrected chi connectivity index (χ4v) is 4.49. The van der Waals surface area contributed by atoms with Crippen molar-refractivity contribution in [2.24, 2.45) is 0 Å². The fourth-order valence-electron chi connectivity index (χ4n) is 4.49. The predicted octanol–water partition coefficient (Wildman–Crippen LogP) is 3.32. The number of aromatic nitrogens is 3. The molecule has 0 N–H and O–H groups in total. The maximum absolute atomic E-state index is 13.1. The van der Waals surface area contributed by atoms with E-state index in [0.717, 1.165) is 67.5 Å². The number of amides is 1. The van der Waals surface area contributed by atoms with Crippen LogP contribution in [0.4, 0.5) is 0 Å². The molecular weight excluding hydrogens is 368 g/mol. The summed E-state index contributed by atoms with van der Waals surface area (Å²) in [6, 6.07) is 5.84. The number of hydrogen-bond acceptors (Lipinski definition) is 5. The monoisotopic (exact) mass is 398 g/mol. The third-order valence-electron chi connectivity index (χ3n) is 6.05. The van der Waals surface area contributed by atoms with Crippen LogP contribution in [0, 0.1) is 0 Å². The zero-order valence-corrected chi connectivity index (χ0v) is 17.4. The second-order valence-electron chi connectivity index (χ2n) is 7.90. The maximum Gasteiger partial charge on any atom is 0.223 e. The van der Waals surface area contributed by atoms with Gasteiger partial charge in [-0.25, -0.2) is 0 Å². The minimum Gasteiger partial charge on any atom is -0.497 e. The number of likely N-dealkylation sites (tertiary alicyclic amines) is 1. The second kappa shape index (κ2) is 8.84. The predicted molar refractivity (Wildman–Crippen MR) is 109 cm³/mol. The van der Waals surface area contributed by atoms with Crippen LogP contribution >= 0.6 is 0 Å². The Morgan fingerprint density at radius 1 is 1.03 bits per heavy atom. The second-order valence-corrected chi connectivity index (χ2v) is 7.90. The first-order chi connectivity index (χ1) is 14.2. The quantitative estimate of drug-likeness (QED) is 0.747. The largest absolute Gasteiger partial charge is 0.497 e. The number of rotatable bonds is 6. The normalized spacial score (nSPS) is 19.0. The van der Waals surface area contributed by atoms with Gasteiger partial charge in [-0.15, -0.1) is 10.2 Å². The number of nitrogens with zero attached hydrogens (tertiary/aromatic N) is 4. The summed E-state index contributed by atoms with van der Waals surface area (Å²) in [5.41, 5.74) is 1.04. The number of methoxy groups -OCH3 is 2. The zero-order valence-electron chi connectivity index (χ0n) is 17.4. The average Bonchev–Trinajstić information content (AvgIpc) is 3.32. The van der Waals surface area contributed by atoms with Crippen LogP contribution in [0.1, 0.15) is 61.8 Å². The van der Waals surface area contributed by atoms with Crippen molar-refractivity contribution >= 4 is 5.91 Å². The molecule has 1 saturated heterocycles. The average molecular weight is 399 g/mol. The summed E-state index contributed by atoms with van der Waals surface area (Å²) in [6.45, 7) is 1.77. The van der Waals surface area contributed by atoms with Gasteiger partial charge in [-0.05, 0) is 49.8 Å². The van der Waals surface area contributed by atoms with Gasteiger partial charge in [0, 0.05) is 32.0 Å². The van der Waals surface area contributed by atoms with E-state index in [9.17, 15) is 4.79 Å². The molecule has 0 aliphatic carbocycles. The van der Waals surface area contributed by atoms with Gasteiger partial charge in [0.05, 0.1) is 20.3 Å². The molecule has 3 heterocycles. The van der Waals surface area contributed by atoms with E-state index in [1.807, 2.05) is 23.1 Å². The van der Waals surface area contributed by atoms with Crippen LogP contribution in [-0.2, 0) is 24.2 Å². The number of benzene rings is 1. The molecule has 4 rings (SSSR count). The topological polar surface area (TPSA) is 69.5 Å². The summed E-state index contributed by atoms with van der Waals surface area (Å²) in [5.74, 6) is 3.74. The molecule has 1 unspecified atom stereocenters. The minimum absolute atomic E-state index is 0.0571. The Morgan fingerprint density at radius 2 is 1.83 bits per heavy atom. The van der Waals surface area contributed by atoms with Gasteiger partial charge in [-0.3, -0.25) is 4.79 Å². The smallest absolute Gasteiger partial charge is 0.223 e. The number of fused-ring (bicyclic) bond motifs is 1. The van der Waals surface area contributed by atoms with Gasteiger partial charge in [0.1, 0.15) is 17.3 Å². The number of hydrogen-bond donors (Lipinski definition) is 0. The molecule has 2 aliphatic rings. The summed E-state index contributed by atoms with van der Waals surface area (Å²) in [5, 5.41) is 8.94. The molecule has 0 saturated carbocycles. The van der Waals surface area contributed by atoms with Crippen molar-refractivity contribution in [2.45, 2.75) is 64.0 Å². The zero-order chi connectivity index (χ0) is 20.2. The minimum atomic E-state index is 0.0571. The maximum atomic E-state index is 13.1. The van der Waals surface area contributed by atoms with E-state index in [1.165, 1.54) is 12.8 Å². The lowest BCUT2D eigenvalue weighted by Gasteiger charge is -2.25. The van der Waals surface area contributed by atoms with E-state index < -0.39 is 0 Å². The molecule has 156 valence electrons. The summed E-state index contributed by atoms with van der Waals surface area (Å²) in [4.78, 5) is 15.1. The van der Waals surface area contributed by atoms with Gasteiger partial charge in [0.25, 0.3) is 0 Å². The molecule has 7 heteroatoms. The van der Waals surface area contributed by atoms with Crippen LogP contribution in [0.2, 0.25) is 0 Å². The van der Waals surface area contributed by atoms with Crippen molar-refractivity contribution in [3.63, 3.8) is 0 Å². The Hall–Kier alpha value is -2.57. The lowest BCUT2D eigenvalue weighted by Crippen LogP contribution is -2.32. The third kappa shape index (κ3) is 4.23. The molecular formula is C22H30N4O3. The molecule has 7 nitrogen and oxygen atoms in total. The Balaban J connectivity index is 1.46. The van der Waals surface area contributed by atoms with E-state index >= 15 is 0 Å². The number of carbonyl (C=O) groups is 1. The number of aryl methyl sites for hydroxylation is 2. The first kappa shape index (κ1) is 19.7. The lowest BCUT2D eigenvalue weighted by atomic mass is 10.1. The summed E-state index contributed by atoms with van der Waals surface area (Å²) < 4.78 is 13.0. The number of carbonyl (C=O) groups excluding carboxylic acids is 1. The highest BCUT2D eigenvalue weighted by molar-refractivity contribution is 5.77. The van der Waals surface area contributed by atoms with Crippen molar-refractivity contribution in [3.8, 4) is 11.5 Å². The van der Waals surface area contributed by atoms with Gasteiger partial charge >= 0.3 is 0 Å². The highest BCUT2D eigenvalue weighted by Crippen LogP contribution is 2.33. The molecule has 0 bridgehead atoms.